The molecular formula is C22H26N4O3. The summed E-state index contributed by atoms with van der Waals surface area (Å²) in [4.78, 5) is 16.6. The van der Waals surface area contributed by atoms with Gasteiger partial charge in [-0.25, -0.2) is 9.78 Å². The number of ether oxygens (including phenoxy) is 2. The van der Waals surface area contributed by atoms with E-state index in [1.54, 1.807) is 7.11 Å². The van der Waals surface area contributed by atoms with Gasteiger partial charge < -0.3 is 20.1 Å². The third kappa shape index (κ3) is 4.41. The summed E-state index contributed by atoms with van der Waals surface area (Å²) in [5, 5.41) is 5.83. The first-order valence-corrected chi connectivity index (χ1v) is 9.85. The van der Waals surface area contributed by atoms with Crippen molar-refractivity contribution < 1.29 is 14.3 Å². The van der Waals surface area contributed by atoms with Gasteiger partial charge in [-0.1, -0.05) is 24.3 Å². The summed E-state index contributed by atoms with van der Waals surface area (Å²) in [6, 6.07) is 15.9. The van der Waals surface area contributed by atoms with Gasteiger partial charge in [0.25, 0.3) is 0 Å². The predicted octanol–water partition coefficient (Wildman–Crippen LogP) is 3.02. The van der Waals surface area contributed by atoms with Gasteiger partial charge in [-0.05, 0) is 29.8 Å². The minimum Gasteiger partial charge on any atom is -0.381 e. The fourth-order valence-corrected chi connectivity index (χ4v) is 3.62. The van der Waals surface area contributed by atoms with Crippen LogP contribution in [-0.2, 0) is 16.0 Å². The molecule has 0 spiro atoms. The Morgan fingerprint density at radius 2 is 1.90 bits per heavy atom. The molecule has 0 unspecified atom stereocenters. The summed E-state index contributed by atoms with van der Waals surface area (Å²) in [5.41, 5.74) is 3.77. The first-order valence-electron chi connectivity index (χ1n) is 9.85. The average Bonchev–Trinajstić information content (AvgIpc) is 3.21. The van der Waals surface area contributed by atoms with E-state index in [1.165, 1.54) is 0 Å². The standard InChI is InChI=1S/C22H26N4O3/c1-28-22(10-12-29-13-11-22)15-24-21(27)23-14-17-6-8-18(9-7-17)26-16-25-19-4-2-3-5-20(19)26/h2-9,16H,10-15H2,1H3,(H2,23,24,27). The summed E-state index contributed by atoms with van der Waals surface area (Å²) >= 11 is 0. The number of benzene rings is 2. The molecule has 4 rings (SSSR count). The quantitative estimate of drug-likeness (QED) is 0.674. The number of aromatic nitrogens is 2. The van der Waals surface area contributed by atoms with E-state index in [1.807, 2.05) is 54.9 Å². The molecule has 1 aromatic heterocycles. The first-order chi connectivity index (χ1) is 14.2. The highest BCUT2D eigenvalue weighted by Crippen LogP contribution is 2.23. The monoisotopic (exact) mass is 394 g/mol. The number of methoxy groups -OCH3 is 1. The summed E-state index contributed by atoms with van der Waals surface area (Å²) in [7, 11) is 1.69. The van der Waals surface area contributed by atoms with Crippen LogP contribution < -0.4 is 10.6 Å². The third-order valence-electron chi connectivity index (χ3n) is 5.53. The topological polar surface area (TPSA) is 77.4 Å². The Hall–Kier alpha value is -2.90. The fourth-order valence-electron chi connectivity index (χ4n) is 3.62. The minimum absolute atomic E-state index is 0.197. The fraction of sp³-hybridized carbons (Fsp3) is 0.364. The number of imidazole rings is 1. The molecule has 7 heteroatoms. The molecule has 1 aliphatic rings. The van der Waals surface area contributed by atoms with E-state index in [-0.39, 0.29) is 11.6 Å². The Kier molecular flexibility index (Phi) is 5.78. The number of hydrogen-bond donors (Lipinski definition) is 2. The summed E-state index contributed by atoms with van der Waals surface area (Å²) in [6.07, 6.45) is 3.40. The Morgan fingerprint density at radius 1 is 1.14 bits per heavy atom. The molecule has 29 heavy (non-hydrogen) atoms. The van der Waals surface area contributed by atoms with E-state index < -0.39 is 0 Å². The van der Waals surface area contributed by atoms with Crippen molar-refractivity contribution in [2.45, 2.75) is 25.0 Å². The maximum absolute atomic E-state index is 12.2. The SMILES string of the molecule is COC1(CNC(=O)NCc2ccc(-n3cnc4ccccc43)cc2)CCOCC1. The highest BCUT2D eigenvalue weighted by molar-refractivity contribution is 5.77. The molecule has 1 saturated heterocycles. The molecule has 1 aliphatic heterocycles. The van der Waals surface area contributed by atoms with E-state index in [2.05, 4.69) is 20.2 Å². The van der Waals surface area contributed by atoms with Crippen molar-refractivity contribution in [2.24, 2.45) is 0 Å². The number of urea groups is 1. The molecule has 2 heterocycles. The number of rotatable bonds is 6. The Balaban J connectivity index is 1.31. The van der Waals surface area contributed by atoms with Crippen molar-refractivity contribution >= 4 is 17.1 Å². The Morgan fingerprint density at radius 3 is 2.66 bits per heavy atom. The van der Waals surface area contributed by atoms with E-state index in [0.29, 0.717) is 26.3 Å². The van der Waals surface area contributed by atoms with Crippen molar-refractivity contribution in [3.05, 3.63) is 60.4 Å². The molecule has 152 valence electrons. The number of carbonyl (C=O) groups excluding carboxylic acids is 1. The van der Waals surface area contributed by atoms with Crippen LogP contribution in [0.4, 0.5) is 4.79 Å². The van der Waals surface area contributed by atoms with E-state index >= 15 is 0 Å². The highest BCUT2D eigenvalue weighted by Gasteiger charge is 2.32. The lowest BCUT2D eigenvalue weighted by atomic mass is 9.94. The molecule has 0 saturated carbocycles. The summed E-state index contributed by atoms with van der Waals surface area (Å²) < 4.78 is 13.1. The lowest BCUT2D eigenvalue weighted by Crippen LogP contribution is -2.50. The maximum atomic E-state index is 12.2. The second-order valence-electron chi connectivity index (χ2n) is 7.31. The zero-order valence-electron chi connectivity index (χ0n) is 16.6. The smallest absolute Gasteiger partial charge is 0.315 e. The normalized spacial score (nSPS) is 15.9. The zero-order valence-corrected chi connectivity index (χ0v) is 16.6. The lowest BCUT2D eigenvalue weighted by molar-refractivity contribution is -0.0861. The number of hydrogen-bond acceptors (Lipinski definition) is 4. The van der Waals surface area contributed by atoms with Gasteiger partial charge in [-0.15, -0.1) is 0 Å². The highest BCUT2D eigenvalue weighted by atomic mass is 16.5. The van der Waals surface area contributed by atoms with Gasteiger partial charge >= 0.3 is 6.03 Å². The Bertz CT molecular complexity index is 962. The molecule has 0 atom stereocenters. The van der Waals surface area contributed by atoms with Crippen LogP contribution >= 0.6 is 0 Å². The molecule has 7 nitrogen and oxygen atoms in total. The molecular weight excluding hydrogens is 368 g/mol. The van der Waals surface area contributed by atoms with Gasteiger partial charge in [0.2, 0.25) is 0 Å². The van der Waals surface area contributed by atoms with Crippen molar-refractivity contribution in [2.75, 3.05) is 26.9 Å². The van der Waals surface area contributed by atoms with Gasteiger partial charge in [-0.2, -0.15) is 0 Å². The number of fused-ring (bicyclic) bond motifs is 1. The van der Waals surface area contributed by atoms with Crippen LogP contribution in [0, 0.1) is 0 Å². The molecule has 0 bridgehead atoms. The van der Waals surface area contributed by atoms with Crippen LogP contribution in [0.25, 0.3) is 16.7 Å². The van der Waals surface area contributed by atoms with E-state index in [9.17, 15) is 4.79 Å². The van der Waals surface area contributed by atoms with Crippen molar-refractivity contribution in [1.29, 1.82) is 0 Å². The number of nitrogens with one attached hydrogen (secondary N) is 2. The van der Waals surface area contributed by atoms with Crippen molar-refractivity contribution in [1.82, 2.24) is 20.2 Å². The second kappa shape index (κ2) is 8.63. The van der Waals surface area contributed by atoms with Crippen LogP contribution in [0.3, 0.4) is 0 Å². The van der Waals surface area contributed by atoms with E-state index in [4.69, 9.17) is 9.47 Å². The van der Waals surface area contributed by atoms with Crippen LogP contribution in [0.2, 0.25) is 0 Å². The van der Waals surface area contributed by atoms with Crippen LogP contribution in [0.1, 0.15) is 18.4 Å². The van der Waals surface area contributed by atoms with Gasteiger partial charge in [-0.3, -0.25) is 4.57 Å². The number of para-hydroxylation sites is 2. The van der Waals surface area contributed by atoms with Crippen LogP contribution in [0.5, 0.6) is 0 Å². The molecule has 1 fully saturated rings. The Labute approximate surface area is 170 Å². The van der Waals surface area contributed by atoms with E-state index in [0.717, 1.165) is 35.1 Å². The zero-order chi connectivity index (χ0) is 20.1. The maximum Gasteiger partial charge on any atom is 0.315 e. The molecule has 2 amide bonds. The van der Waals surface area contributed by atoms with Crippen LogP contribution in [-0.4, -0.2) is 48.1 Å². The molecule has 0 aliphatic carbocycles. The van der Waals surface area contributed by atoms with Gasteiger partial charge in [0.05, 0.1) is 16.6 Å². The summed E-state index contributed by atoms with van der Waals surface area (Å²) in [6.45, 7) is 2.26. The van der Waals surface area contributed by atoms with Gasteiger partial charge in [0.1, 0.15) is 6.33 Å². The largest absolute Gasteiger partial charge is 0.381 e. The van der Waals surface area contributed by atoms with Gasteiger partial charge in [0.15, 0.2) is 0 Å². The molecule has 3 aromatic rings. The summed E-state index contributed by atoms with van der Waals surface area (Å²) in [5.74, 6) is 0. The molecule has 0 radical (unpaired) electrons. The second-order valence-corrected chi connectivity index (χ2v) is 7.31. The van der Waals surface area contributed by atoms with Crippen LogP contribution in [0.15, 0.2) is 54.9 Å². The number of nitrogens with zero attached hydrogens (tertiary/aromatic N) is 2. The first kappa shape index (κ1) is 19.4. The number of carbonyl (C=O) groups is 1. The average molecular weight is 394 g/mol. The number of amides is 2. The lowest BCUT2D eigenvalue weighted by Gasteiger charge is -2.35. The minimum atomic E-state index is -0.329. The van der Waals surface area contributed by atoms with Crippen molar-refractivity contribution in [3.8, 4) is 5.69 Å². The third-order valence-corrected chi connectivity index (χ3v) is 5.53. The predicted molar refractivity (Wildman–Crippen MR) is 111 cm³/mol. The van der Waals surface area contributed by atoms with Gasteiger partial charge in [0, 0.05) is 51.9 Å². The molecule has 2 aromatic carbocycles. The molecule has 2 N–H and O–H groups in total. The van der Waals surface area contributed by atoms with Crippen molar-refractivity contribution in [3.63, 3.8) is 0 Å².